The van der Waals surface area contributed by atoms with Crippen molar-refractivity contribution in [2.24, 2.45) is 0 Å². The Morgan fingerprint density at radius 3 is 1.87 bits per heavy atom. The van der Waals surface area contributed by atoms with Crippen molar-refractivity contribution in [1.82, 2.24) is 19.4 Å². The second-order valence-electron chi connectivity index (χ2n) is 15.2. The van der Waals surface area contributed by atoms with Crippen molar-refractivity contribution in [2.75, 3.05) is 11.4 Å². The third-order valence-electron chi connectivity index (χ3n) is 7.14. The van der Waals surface area contributed by atoms with E-state index in [9.17, 15) is 29.1 Å². The molecule has 2 aromatic heterocycles. The number of nitrogens with one attached hydrogen (secondary N) is 1. The molecule has 0 bridgehead atoms. The molecule has 4 rings (SSSR count). The monoisotopic (exact) mass is 733 g/mol. The van der Waals surface area contributed by atoms with Gasteiger partial charge in [0.15, 0.2) is 5.82 Å². The van der Waals surface area contributed by atoms with Gasteiger partial charge in [0.25, 0.3) is 0 Å². The van der Waals surface area contributed by atoms with Gasteiger partial charge in [-0.05, 0) is 111 Å². The number of anilines is 1. The summed E-state index contributed by atoms with van der Waals surface area (Å²) in [7, 11) is 0. The van der Waals surface area contributed by atoms with Gasteiger partial charge in [0.1, 0.15) is 33.8 Å². The number of imidazole rings is 1. The van der Waals surface area contributed by atoms with E-state index in [1.54, 1.807) is 98.7 Å². The van der Waals surface area contributed by atoms with Gasteiger partial charge in [-0.2, -0.15) is 4.90 Å². The maximum atomic E-state index is 14.7. The number of carbonyl (C=O) groups excluding carboxylic acids is 3. The molecule has 53 heavy (non-hydrogen) atoms. The lowest BCUT2D eigenvalue weighted by molar-refractivity contribution is -0.137. The van der Waals surface area contributed by atoms with Crippen LogP contribution in [-0.2, 0) is 19.0 Å². The molecule has 15 heteroatoms. The number of ether oxygens (including phenoxy) is 4. The van der Waals surface area contributed by atoms with Crippen LogP contribution in [0.2, 0.25) is 0 Å². The largest absolute Gasteiger partial charge is 0.481 e. The van der Waals surface area contributed by atoms with Gasteiger partial charge in [-0.25, -0.2) is 24.2 Å². The summed E-state index contributed by atoms with van der Waals surface area (Å²) in [5.74, 6) is -0.366. The zero-order valence-electron chi connectivity index (χ0n) is 31.5. The van der Waals surface area contributed by atoms with Crippen molar-refractivity contribution in [1.29, 1.82) is 0 Å². The predicted molar refractivity (Wildman–Crippen MR) is 197 cm³/mol. The maximum Gasteiger partial charge on any atom is 0.425 e. The SMILES string of the molecule is CC(C)(C)OC(=O)NC[C@@H](CCC(=O)O)n1c(=O)n(-c2ccc(Oc3ccccc3)cc2)c2c(N(C(=O)OC(C)(C)C)C(=O)OC(C)(C)C)nccc21. The molecule has 284 valence electrons. The van der Waals surface area contributed by atoms with E-state index in [1.165, 1.54) is 21.4 Å². The number of carboxylic acid groups (broad SMARTS) is 1. The summed E-state index contributed by atoms with van der Waals surface area (Å²) in [4.78, 5) is 71.9. The fraction of sp³-hybridized carbons (Fsp3) is 0.421. The van der Waals surface area contributed by atoms with Crippen molar-refractivity contribution in [3.05, 3.63) is 77.3 Å². The molecule has 15 nitrogen and oxygen atoms in total. The van der Waals surface area contributed by atoms with E-state index in [1.807, 2.05) is 18.2 Å². The Kier molecular flexibility index (Phi) is 11.9. The zero-order chi connectivity index (χ0) is 39.3. The molecule has 2 aromatic carbocycles. The topological polar surface area (TPSA) is 181 Å². The number of carboxylic acids is 1. The summed E-state index contributed by atoms with van der Waals surface area (Å²) >= 11 is 0. The van der Waals surface area contributed by atoms with Crippen molar-refractivity contribution >= 4 is 41.1 Å². The first kappa shape index (κ1) is 39.9. The smallest absolute Gasteiger partial charge is 0.425 e. The summed E-state index contributed by atoms with van der Waals surface area (Å²) in [6.45, 7) is 14.6. The minimum atomic E-state index is -1.12. The number of fused-ring (bicyclic) bond motifs is 1. The Balaban J connectivity index is 1.99. The first-order chi connectivity index (χ1) is 24.6. The van der Waals surface area contributed by atoms with Crippen LogP contribution in [-0.4, -0.2) is 66.8 Å². The number of alkyl carbamates (subject to hydrolysis) is 1. The third-order valence-corrected chi connectivity index (χ3v) is 7.14. The molecular formula is C38H47N5O10. The number of hydrogen-bond acceptors (Lipinski definition) is 10. The maximum absolute atomic E-state index is 14.7. The van der Waals surface area contributed by atoms with E-state index < -0.39 is 52.8 Å². The number of rotatable bonds is 10. The number of amides is 3. The van der Waals surface area contributed by atoms with Gasteiger partial charge in [0, 0.05) is 19.2 Å². The van der Waals surface area contributed by atoms with E-state index in [-0.39, 0.29) is 36.2 Å². The van der Waals surface area contributed by atoms with Crippen LogP contribution in [0.25, 0.3) is 16.7 Å². The van der Waals surface area contributed by atoms with Crippen molar-refractivity contribution in [3.8, 4) is 17.2 Å². The summed E-state index contributed by atoms with van der Waals surface area (Å²) in [5.41, 5.74) is -3.12. The van der Waals surface area contributed by atoms with Crippen LogP contribution >= 0.6 is 0 Å². The minimum Gasteiger partial charge on any atom is -0.481 e. The number of hydrogen-bond donors (Lipinski definition) is 2. The minimum absolute atomic E-state index is 0.00328. The highest BCUT2D eigenvalue weighted by Crippen LogP contribution is 2.32. The highest BCUT2D eigenvalue weighted by molar-refractivity contribution is 6.13. The Morgan fingerprint density at radius 1 is 0.792 bits per heavy atom. The standard InChI is InChI=1S/C38H47N5O10/c1-36(2,3)51-32(46)40-23-25(17-20-29(44)45)41-28-21-22-39-31(43(34(48)52-37(4,5)6)35(49)53-38(7,8)9)30(28)42(33(41)47)24-15-18-27(19-16-24)50-26-13-11-10-12-14-26/h10-16,18-19,21-22,25H,17,20,23H2,1-9H3,(H,40,46)(H,44,45)/t25-/m1/s1. The number of aromatic nitrogens is 3. The van der Waals surface area contributed by atoms with E-state index in [0.717, 1.165) is 0 Å². The van der Waals surface area contributed by atoms with Gasteiger partial charge in [0.2, 0.25) is 0 Å². The number of benzene rings is 2. The molecule has 0 saturated carbocycles. The van der Waals surface area contributed by atoms with E-state index in [0.29, 0.717) is 22.1 Å². The van der Waals surface area contributed by atoms with E-state index in [4.69, 9.17) is 18.9 Å². The fourth-order valence-electron chi connectivity index (χ4n) is 5.18. The lowest BCUT2D eigenvalue weighted by Gasteiger charge is -2.28. The second-order valence-corrected chi connectivity index (χ2v) is 15.2. The average Bonchev–Trinajstić information content (AvgIpc) is 3.31. The summed E-state index contributed by atoms with van der Waals surface area (Å²) in [6, 6.07) is 16.1. The van der Waals surface area contributed by atoms with Gasteiger partial charge >= 0.3 is 29.9 Å². The number of pyridine rings is 1. The molecular weight excluding hydrogens is 686 g/mol. The first-order valence-corrected chi connectivity index (χ1v) is 17.0. The Hall–Kier alpha value is -5.86. The number of nitrogens with zero attached hydrogens (tertiary/aromatic N) is 4. The van der Waals surface area contributed by atoms with Gasteiger partial charge in [-0.3, -0.25) is 13.9 Å². The Bertz CT molecular complexity index is 1970. The van der Waals surface area contributed by atoms with Gasteiger partial charge in [-0.1, -0.05) is 18.2 Å². The molecule has 0 fully saturated rings. The molecule has 0 unspecified atom stereocenters. The molecule has 0 radical (unpaired) electrons. The van der Waals surface area contributed by atoms with Crippen molar-refractivity contribution < 1.29 is 43.2 Å². The van der Waals surface area contributed by atoms with Crippen LogP contribution in [0.4, 0.5) is 20.2 Å². The predicted octanol–water partition coefficient (Wildman–Crippen LogP) is 7.59. The first-order valence-electron chi connectivity index (χ1n) is 17.0. The molecule has 1 atom stereocenters. The van der Waals surface area contributed by atoms with Crippen LogP contribution in [0.5, 0.6) is 11.5 Å². The van der Waals surface area contributed by atoms with Gasteiger partial charge < -0.3 is 29.4 Å². The van der Waals surface area contributed by atoms with Crippen LogP contribution in [0, 0.1) is 0 Å². The molecule has 3 amide bonds. The van der Waals surface area contributed by atoms with Crippen LogP contribution in [0.1, 0.15) is 81.2 Å². The molecule has 2 N–H and O–H groups in total. The third kappa shape index (κ3) is 10.8. The van der Waals surface area contributed by atoms with Gasteiger partial charge in [0.05, 0.1) is 17.2 Å². The highest BCUT2D eigenvalue weighted by atomic mass is 16.6. The Labute approximate surface area is 307 Å². The van der Waals surface area contributed by atoms with Crippen molar-refractivity contribution in [2.45, 2.75) is 98.0 Å². The molecule has 0 aliphatic heterocycles. The Morgan fingerprint density at radius 2 is 1.34 bits per heavy atom. The summed E-state index contributed by atoms with van der Waals surface area (Å²) in [6.07, 6.45) is -2.14. The second kappa shape index (κ2) is 15.8. The molecule has 0 saturated heterocycles. The van der Waals surface area contributed by atoms with Gasteiger partial charge in [-0.15, -0.1) is 0 Å². The quantitative estimate of drug-likeness (QED) is 0.153. The molecule has 0 spiro atoms. The van der Waals surface area contributed by atoms with Crippen LogP contribution in [0.3, 0.4) is 0 Å². The number of para-hydroxylation sites is 1. The summed E-state index contributed by atoms with van der Waals surface area (Å²) in [5, 5.41) is 12.3. The molecule has 0 aliphatic rings. The number of carbonyl (C=O) groups is 4. The summed E-state index contributed by atoms with van der Waals surface area (Å²) < 4.78 is 25.1. The highest BCUT2D eigenvalue weighted by Gasteiger charge is 2.37. The molecule has 0 aliphatic carbocycles. The van der Waals surface area contributed by atoms with Crippen LogP contribution in [0.15, 0.2) is 71.7 Å². The molecule has 4 aromatic rings. The number of imide groups is 1. The van der Waals surface area contributed by atoms with Crippen molar-refractivity contribution in [3.63, 3.8) is 0 Å². The molecule has 2 heterocycles. The average molecular weight is 734 g/mol. The number of aliphatic carboxylic acids is 1. The fourth-order valence-corrected chi connectivity index (χ4v) is 5.18. The zero-order valence-corrected chi connectivity index (χ0v) is 31.5. The van der Waals surface area contributed by atoms with E-state index >= 15 is 0 Å². The van der Waals surface area contributed by atoms with E-state index in [2.05, 4.69) is 10.3 Å². The lowest BCUT2D eigenvalue weighted by atomic mass is 10.1. The normalized spacial score (nSPS) is 12.5. The van der Waals surface area contributed by atoms with Crippen LogP contribution < -0.4 is 20.6 Å². The lowest BCUT2D eigenvalue weighted by Crippen LogP contribution is -2.44.